The van der Waals surface area contributed by atoms with Gasteiger partial charge in [0.25, 0.3) is 15.9 Å². The molecule has 1 heterocycles. The zero-order chi connectivity index (χ0) is 22.6. The molecule has 7 nitrogen and oxygen atoms in total. The van der Waals surface area contributed by atoms with Gasteiger partial charge in [0.15, 0.2) is 0 Å². The van der Waals surface area contributed by atoms with Crippen molar-refractivity contribution in [2.45, 2.75) is 18.7 Å². The molecule has 2 N–H and O–H groups in total. The maximum atomic E-state index is 12.8. The van der Waals surface area contributed by atoms with Gasteiger partial charge in [0.1, 0.15) is 4.88 Å². The molecule has 0 aliphatic heterocycles. The predicted octanol–water partition coefficient (Wildman–Crippen LogP) is 4.94. The Hall–Kier alpha value is -2.88. The summed E-state index contributed by atoms with van der Waals surface area (Å²) in [4.78, 5) is 25.2. The maximum absolute atomic E-state index is 12.8. The molecule has 0 saturated carbocycles. The van der Waals surface area contributed by atoms with E-state index in [9.17, 15) is 18.0 Å². The highest BCUT2D eigenvalue weighted by atomic mass is 35.5. The maximum Gasteiger partial charge on any atom is 0.348 e. The van der Waals surface area contributed by atoms with Gasteiger partial charge in [-0.1, -0.05) is 23.7 Å². The van der Waals surface area contributed by atoms with Gasteiger partial charge in [0.05, 0.1) is 27.8 Å². The molecule has 3 aromatic rings. The molecule has 0 spiro atoms. The molecule has 162 valence electrons. The average molecular weight is 479 g/mol. The number of benzene rings is 2. The third-order valence-electron chi connectivity index (χ3n) is 4.16. The van der Waals surface area contributed by atoms with Crippen molar-refractivity contribution in [1.29, 1.82) is 0 Å². The number of carbonyl (C=O) groups is 2. The fourth-order valence-corrected chi connectivity index (χ4v) is 4.88. The molecule has 10 heteroatoms. The first kappa shape index (κ1) is 22.8. The van der Waals surface area contributed by atoms with Crippen LogP contribution in [0.2, 0.25) is 5.02 Å². The van der Waals surface area contributed by atoms with Crippen LogP contribution in [0.3, 0.4) is 0 Å². The smallest absolute Gasteiger partial charge is 0.348 e. The van der Waals surface area contributed by atoms with Crippen LogP contribution in [0.25, 0.3) is 0 Å². The lowest BCUT2D eigenvalue weighted by molar-refractivity contribution is 0.0531. The van der Waals surface area contributed by atoms with E-state index < -0.39 is 21.9 Å². The highest BCUT2D eigenvalue weighted by Gasteiger charge is 2.20. The molecule has 0 saturated heterocycles. The number of rotatable bonds is 7. The summed E-state index contributed by atoms with van der Waals surface area (Å²) in [7, 11) is -3.93. The van der Waals surface area contributed by atoms with E-state index in [1.54, 1.807) is 32.0 Å². The Labute approximate surface area is 189 Å². The van der Waals surface area contributed by atoms with Gasteiger partial charge in [0, 0.05) is 5.02 Å². The van der Waals surface area contributed by atoms with Crippen LogP contribution in [0.15, 0.2) is 59.5 Å². The van der Waals surface area contributed by atoms with E-state index in [2.05, 4.69) is 10.0 Å². The average Bonchev–Trinajstić information content (AvgIpc) is 3.08. The van der Waals surface area contributed by atoms with Gasteiger partial charge in [-0.25, -0.2) is 13.2 Å². The number of hydrogen-bond donors (Lipinski definition) is 2. The number of thiophene rings is 1. The lowest BCUT2D eigenvalue weighted by Gasteiger charge is -2.12. The van der Waals surface area contributed by atoms with E-state index in [1.165, 1.54) is 36.4 Å². The number of halogens is 1. The van der Waals surface area contributed by atoms with Crippen molar-refractivity contribution in [2.75, 3.05) is 16.6 Å². The minimum absolute atomic E-state index is 0.0140. The molecule has 0 radical (unpaired) electrons. The lowest BCUT2D eigenvalue weighted by atomic mass is 10.1. The third-order valence-corrected chi connectivity index (χ3v) is 6.92. The lowest BCUT2D eigenvalue weighted by Crippen LogP contribution is -2.18. The molecule has 0 aliphatic carbocycles. The molecule has 0 bridgehead atoms. The molecule has 1 amide bonds. The monoisotopic (exact) mass is 478 g/mol. The summed E-state index contributed by atoms with van der Waals surface area (Å²) >= 11 is 6.91. The van der Waals surface area contributed by atoms with Gasteiger partial charge < -0.3 is 10.1 Å². The summed E-state index contributed by atoms with van der Waals surface area (Å²) in [6.07, 6.45) is 0. The van der Waals surface area contributed by atoms with Gasteiger partial charge in [-0.15, -0.1) is 11.3 Å². The Morgan fingerprint density at radius 2 is 1.77 bits per heavy atom. The molecule has 0 unspecified atom stereocenters. The van der Waals surface area contributed by atoms with Crippen molar-refractivity contribution in [1.82, 2.24) is 0 Å². The largest absolute Gasteiger partial charge is 0.462 e. The highest BCUT2D eigenvalue weighted by molar-refractivity contribution is 7.92. The minimum Gasteiger partial charge on any atom is -0.462 e. The number of para-hydroxylation sites is 1. The number of esters is 1. The highest BCUT2D eigenvalue weighted by Crippen LogP contribution is 2.29. The number of aryl methyl sites for hydroxylation is 1. The van der Waals surface area contributed by atoms with Gasteiger partial charge in [-0.05, 0) is 61.9 Å². The first-order chi connectivity index (χ1) is 14.7. The van der Waals surface area contributed by atoms with Crippen molar-refractivity contribution in [3.63, 3.8) is 0 Å². The number of ether oxygens (including phenoxy) is 1. The summed E-state index contributed by atoms with van der Waals surface area (Å²) in [5.74, 6) is -0.979. The van der Waals surface area contributed by atoms with E-state index >= 15 is 0 Å². The fraction of sp³-hybridized carbons (Fsp3) is 0.143. The quantitative estimate of drug-likeness (QED) is 0.468. The van der Waals surface area contributed by atoms with Gasteiger partial charge in [-0.3, -0.25) is 9.52 Å². The Morgan fingerprint density at radius 3 is 2.45 bits per heavy atom. The predicted molar refractivity (Wildman–Crippen MR) is 122 cm³/mol. The molecule has 0 fully saturated rings. The second-order valence-corrected chi connectivity index (χ2v) is 9.57. The summed E-state index contributed by atoms with van der Waals surface area (Å²) in [6, 6.07) is 13.6. The van der Waals surface area contributed by atoms with E-state index in [4.69, 9.17) is 16.3 Å². The minimum atomic E-state index is -3.93. The van der Waals surface area contributed by atoms with Crippen molar-refractivity contribution < 1.29 is 22.7 Å². The number of hydrogen-bond acceptors (Lipinski definition) is 6. The molecule has 0 aliphatic rings. The molecule has 31 heavy (non-hydrogen) atoms. The number of nitrogens with one attached hydrogen (secondary N) is 2. The van der Waals surface area contributed by atoms with Gasteiger partial charge >= 0.3 is 5.97 Å². The zero-order valence-corrected chi connectivity index (χ0v) is 19.0. The normalized spacial score (nSPS) is 11.1. The standard InChI is InChI=1S/C21H19ClN2O5S2/c1-3-29-21(26)19-13(2)12-18(30-19)23-20(25)16-6-4-5-7-17(16)24-31(27,28)15-10-8-14(22)9-11-15/h4-12,24H,3H2,1-2H3,(H,23,25). The Balaban J connectivity index is 1.83. The second-order valence-electron chi connectivity index (χ2n) is 6.40. The van der Waals surface area contributed by atoms with Crippen molar-refractivity contribution in [3.8, 4) is 0 Å². The summed E-state index contributed by atoms with van der Waals surface area (Å²) in [6.45, 7) is 3.71. The van der Waals surface area contributed by atoms with Crippen molar-refractivity contribution >= 4 is 55.5 Å². The van der Waals surface area contributed by atoms with Crippen LogP contribution >= 0.6 is 22.9 Å². The van der Waals surface area contributed by atoms with Crippen LogP contribution in [-0.4, -0.2) is 26.9 Å². The van der Waals surface area contributed by atoms with Crippen molar-refractivity contribution in [3.05, 3.63) is 75.6 Å². The van der Waals surface area contributed by atoms with Crippen LogP contribution < -0.4 is 10.0 Å². The molecule has 0 atom stereocenters. The van der Waals surface area contributed by atoms with E-state index in [-0.39, 0.29) is 22.8 Å². The van der Waals surface area contributed by atoms with Gasteiger partial charge in [0.2, 0.25) is 0 Å². The topological polar surface area (TPSA) is 102 Å². The van der Waals surface area contributed by atoms with E-state index in [0.717, 1.165) is 11.3 Å². The van der Waals surface area contributed by atoms with Crippen molar-refractivity contribution in [2.24, 2.45) is 0 Å². The zero-order valence-electron chi connectivity index (χ0n) is 16.6. The number of sulfonamides is 1. The first-order valence-electron chi connectivity index (χ1n) is 9.17. The summed E-state index contributed by atoms with van der Waals surface area (Å²) in [5.41, 5.74) is 0.924. The Kier molecular flexibility index (Phi) is 6.99. The summed E-state index contributed by atoms with van der Waals surface area (Å²) in [5, 5.41) is 3.56. The Bertz CT molecular complexity index is 1220. The summed E-state index contributed by atoms with van der Waals surface area (Å²) < 4.78 is 32.8. The Morgan fingerprint density at radius 1 is 1.10 bits per heavy atom. The van der Waals surface area contributed by atoms with Crippen LogP contribution in [0, 0.1) is 6.92 Å². The van der Waals surface area contributed by atoms with E-state index in [1.807, 2.05) is 0 Å². The second kappa shape index (κ2) is 9.51. The number of anilines is 2. The molecular formula is C21H19ClN2O5S2. The molecule has 1 aromatic heterocycles. The van der Waals surface area contributed by atoms with Crippen LogP contribution in [0.1, 0.15) is 32.5 Å². The number of amides is 1. The van der Waals surface area contributed by atoms with Crippen LogP contribution in [0.4, 0.5) is 10.7 Å². The fourth-order valence-electron chi connectivity index (χ4n) is 2.71. The SMILES string of the molecule is CCOC(=O)c1sc(NC(=O)c2ccccc2NS(=O)(=O)c2ccc(Cl)cc2)cc1C. The molecule has 3 rings (SSSR count). The van der Waals surface area contributed by atoms with Crippen LogP contribution in [0.5, 0.6) is 0 Å². The van der Waals surface area contributed by atoms with E-state index in [0.29, 0.717) is 20.5 Å². The van der Waals surface area contributed by atoms with Gasteiger partial charge in [-0.2, -0.15) is 0 Å². The van der Waals surface area contributed by atoms with Crippen LogP contribution in [-0.2, 0) is 14.8 Å². The third kappa shape index (κ3) is 5.43. The molecular weight excluding hydrogens is 460 g/mol. The molecule has 2 aromatic carbocycles. The number of carbonyl (C=O) groups excluding carboxylic acids is 2. The first-order valence-corrected chi connectivity index (χ1v) is 11.9.